The number of aromatic nitrogens is 4. The van der Waals surface area contributed by atoms with Crippen molar-refractivity contribution in [2.75, 3.05) is 24.1 Å². The van der Waals surface area contributed by atoms with Gasteiger partial charge in [-0.2, -0.15) is 0 Å². The van der Waals surface area contributed by atoms with Crippen molar-refractivity contribution in [1.82, 2.24) is 23.8 Å². The summed E-state index contributed by atoms with van der Waals surface area (Å²) in [5, 5.41) is 4.29. The van der Waals surface area contributed by atoms with E-state index in [1.54, 1.807) is 48.9 Å². The normalized spacial score (nSPS) is 16.4. The van der Waals surface area contributed by atoms with Gasteiger partial charge in [0.05, 0.1) is 10.6 Å². The summed E-state index contributed by atoms with van der Waals surface area (Å²) in [5.74, 6) is 0.753. The first-order chi connectivity index (χ1) is 19.0. The van der Waals surface area contributed by atoms with E-state index in [9.17, 15) is 8.42 Å². The van der Waals surface area contributed by atoms with Gasteiger partial charge in [-0.25, -0.2) is 27.3 Å². The first kappa shape index (κ1) is 25.0. The zero-order valence-electron chi connectivity index (χ0n) is 21.3. The molecule has 6 rings (SSSR count). The number of rotatable bonds is 7. The van der Waals surface area contributed by atoms with Crippen LogP contribution in [-0.2, 0) is 16.6 Å². The average Bonchev–Trinajstić information content (AvgIpc) is 3.40. The number of hydrogen-bond acceptors (Lipinski definition) is 8. The standard InChI is InChI=1S/C29H29N7O2S/c30-24-10-8-21(9-11-24)18-35-13-4-5-25(19-35)34-28-16-27(32-20-33-28)23-15-22-12-14-36(29(22)31-17-23)39(37,38)26-6-2-1-3-7-26/h1-3,6-12,14-17,20,25H,4-5,13,18-19,30H2,(H,32,33,34). The van der Waals surface area contributed by atoms with Crippen LogP contribution in [0.15, 0.2) is 96.4 Å². The molecule has 3 aromatic heterocycles. The third kappa shape index (κ3) is 5.34. The van der Waals surface area contributed by atoms with E-state index >= 15 is 0 Å². The van der Waals surface area contributed by atoms with Crippen LogP contribution in [0.1, 0.15) is 18.4 Å². The smallest absolute Gasteiger partial charge is 0.269 e. The minimum absolute atomic E-state index is 0.217. The Bertz CT molecular complexity index is 1700. The molecule has 1 fully saturated rings. The maximum Gasteiger partial charge on any atom is 0.269 e. The number of benzene rings is 2. The first-order valence-electron chi connectivity index (χ1n) is 12.9. The molecule has 0 aliphatic carbocycles. The van der Waals surface area contributed by atoms with Gasteiger partial charge in [0.25, 0.3) is 10.0 Å². The number of pyridine rings is 1. The van der Waals surface area contributed by atoms with Crippen LogP contribution in [0.4, 0.5) is 11.5 Å². The van der Waals surface area contributed by atoms with Gasteiger partial charge in [-0.05, 0) is 61.3 Å². The third-order valence-corrected chi connectivity index (χ3v) is 8.68. The van der Waals surface area contributed by atoms with Crippen molar-refractivity contribution in [3.63, 3.8) is 0 Å². The zero-order valence-corrected chi connectivity index (χ0v) is 22.1. The molecule has 0 amide bonds. The number of nitrogen functional groups attached to an aromatic ring is 1. The van der Waals surface area contributed by atoms with Crippen LogP contribution in [-0.4, -0.2) is 51.4 Å². The highest BCUT2D eigenvalue weighted by molar-refractivity contribution is 7.90. The zero-order chi connectivity index (χ0) is 26.8. The number of hydrogen-bond donors (Lipinski definition) is 2. The van der Waals surface area contributed by atoms with E-state index in [4.69, 9.17) is 5.73 Å². The minimum atomic E-state index is -3.74. The van der Waals surface area contributed by atoms with Crippen LogP contribution in [0.3, 0.4) is 0 Å². The van der Waals surface area contributed by atoms with Crippen LogP contribution >= 0.6 is 0 Å². The maximum atomic E-state index is 13.1. The van der Waals surface area contributed by atoms with Crippen LogP contribution in [0, 0.1) is 0 Å². The van der Waals surface area contributed by atoms with E-state index in [1.807, 2.05) is 24.3 Å². The Kier molecular flexibility index (Phi) is 6.72. The molecule has 1 unspecified atom stereocenters. The van der Waals surface area contributed by atoms with Gasteiger partial charge in [0.15, 0.2) is 5.65 Å². The van der Waals surface area contributed by atoms with Gasteiger partial charge < -0.3 is 11.1 Å². The fourth-order valence-corrected chi connectivity index (χ4v) is 6.37. The molecule has 1 saturated heterocycles. The summed E-state index contributed by atoms with van der Waals surface area (Å²) in [7, 11) is -3.74. The lowest BCUT2D eigenvalue weighted by Gasteiger charge is -2.33. The van der Waals surface area contributed by atoms with Gasteiger partial charge >= 0.3 is 0 Å². The van der Waals surface area contributed by atoms with Crippen LogP contribution in [0.5, 0.6) is 0 Å². The van der Waals surface area contributed by atoms with E-state index < -0.39 is 10.0 Å². The molecule has 10 heteroatoms. The predicted octanol–water partition coefficient (Wildman–Crippen LogP) is 4.39. The number of likely N-dealkylation sites (tertiary alicyclic amines) is 1. The van der Waals surface area contributed by atoms with Gasteiger partial charge in [-0.3, -0.25) is 4.90 Å². The lowest BCUT2D eigenvalue weighted by atomic mass is 10.0. The second-order valence-electron chi connectivity index (χ2n) is 9.82. The summed E-state index contributed by atoms with van der Waals surface area (Å²) < 4.78 is 27.5. The van der Waals surface area contributed by atoms with Crippen molar-refractivity contribution in [2.24, 2.45) is 0 Å². The number of nitrogens with two attached hydrogens (primary N) is 1. The lowest BCUT2D eigenvalue weighted by Crippen LogP contribution is -2.41. The molecule has 0 radical (unpaired) electrons. The quantitative estimate of drug-likeness (QED) is 0.292. The Hall–Kier alpha value is -4.28. The topological polar surface area (TPSA) is 119 Å². The van der Waals surface area contributed by atoms with Crippen molar-refractivity contribution >= 4 is 32.6 Å². The van der Waals surface area contributed by atoms with E-state index in [2.05, 4.69) is 37.3 Å². The van der Waals surface area contributed by atoms with Crippen LogP contribution in [0.2, 0.25) is 0 Å². The number of fused-ring (bicyclic) bond motifs is 1. The van der Waals surface area contributed by atoms with Crippen molar-refractivity contribution in [1.29, 1.82) is 0 Å². The fraction of sp³-hybridized carbons (Fsp3) is 0.207. The summed E-state index contributed by atoms with van der Waals surface area (Å²) in [6.45, 7) is 2.86. The minimum Gasteiger partial charge on any atom is -0.399 e. The molecule has 9 nitrogen and oxygen atoms in total. The highest BCUT2D eigenvalue weighted by Crippen LogP contribution is 2.26. The Morgan fingerprint density at radius 1 is 0.974 bits per heavy atom. The van der Waals surface area contributed by atoms with Crippen LogP contribution < -0.4 is 11.1 Å². The van der Waals surface area contributed by atoms with E-state index in [0.29, 0.717) is 11.0 Å². The van der Waals surface area contributed by atoms with E-state index in [-0.39, 0.29) is 10.9 Å². The monoisotopic (exact) mass is 539 g/mol. The molecule has 0 saturated carbocycles. The summed E-state index contributed by atoms with van der Waals surface area (Å²) >= 11 is 0. The Balaban J connectivity index is 1.18. The molecule has 4 heterocycles. The molecule has 2 aromatic carbocycles. The second-order valence-corrected chi connectivity index (χ2v) is 11.6. The lowest BCUT2D eigenvalue weighted by molar-refractivity contribution is 0.208. The van der Waals surface area contributed by atoms with Gasteiger partial charge in [-0.15, -0.1) is 0 Å². The van der Waals surface area contributed by atoms with Crippen LogP contribution in [0.25, 0.3) is 22.3 Å². The largest absolute Gasteiger partial charge is 0.399 e. The van der Waals surface area contributed by atoms with Crippen molar-refractivity contribution < 1.29 is 8.42 Å². The van der Waals surface area contributed by atoms with Gasteiger partial charge in [0, 0.05) is 54.2 Å². The number of anilines is 2. The van der Waals surface area contributed by atoms with Gasteiger partial charge in [-0.1, -0.05) is 30.3 Å². The second kappa shape index (κ2) is 10.5. The molecule has 3 N–H and O–H groups in total. The highest BCUT2D eigenvalue weighted by atomic mass is 32.2. The third-order valence-electron chi connectivity index (χ3n) is 7.00. The molecule has 1 atom stereocenters. The first-order valence-corrected chi connectivity index (χ1v) is 14.3. The van der Waals surface area contributed by atoms with Crippen molar-refractivity contribution in [3.05, 3.63) is 97.1 Å². The van der Waals surface area contributed by atoms with E-state index in [1.165, 1.54) is 15.7 Å². The van der Waals surface area contributed by atoms with E-state index in [0.717, 1.165) is 55.2 Å². The highest BCUT2D eigenvalue weighted by Gasteiger charge is 2.22. The molecular formula is C29H29N7O2S. The molecule has 1 aliphatic heterocycles. The Morgan fingerprint density at radius 3 is 2.62 bits per heavy atom. The van der Waals surface area contributed by atoms with Crippen molar-refractivity contribution in [3.8, 4) is 11.3 Å². The molecule has 0 spiro atoms. The summed E-state index contributed by atoms with van der Waals surface area (Å²) in [5.41, 5.74) is 9.73. The average molecular weight is 540 g/mol. The summed E-state index contributed by atoms with van der Waals surface area (Å²) in [6, 6.07) is 22.2. The number of piperidine rings is 1. The van der Waals surface area contributed by atoms with Gasteiger partial charge in [0.2, 0.25) is 0 Å². The number of nitrogens with one attached hydrogen (secondary N) is 1. The Morgan fingerprint density at radius 2 is 1.79 bits per heavy atom. The molecular weight excluding hydrogens is 510 g/mol. The summed E-state index contributed by atoms with van der Waals surface area (Å²) in [4.78, 5) is 16.1. The molecule has 5 aromatic rings. The summed E-state index contributed by atoms with van der Waals surface area (Å²) in [6.07, 6.45) is 6.90. The van der Waals surface area contributed by atoms with Crippen molar-refractivity contribution in [2.45, 2.75) is 30.3 Å². The molecule has 39 heavy (non-hydrogen) atoms. The molecule has 1 aliphatic rings. The van der Waals surface area contributed by atoms with Gasteiger partial charge in [0.1, 0.15) is 12.1 Å². The molecule has 0 bridgehead atoms. The SMILES string of the molecule is Nc1ccc(CN2CCCC(Nc3cc(-c4cnc5c(ccn5S(=O)(=O)c5ccccc5)c4)ncn3)C2)cc1. The predicted molar refractivity (Wildman–Crippen MR) is 153 cm³/mol. The molecule has 198 valence electrons. The number of nitrogens with zero attached hydrogens (tertiary/aromatic N) is 5. The fourth-order valence-electron chi connectivity index (χ4n) is 5.04. The Labute approximate surface area is 227 Å². The maximum absolute atomic E-state index is 13.1.